The highest BCUT2D eigenvalue weighted by Gasteiger charge is 2.69. The molecule has 1 saturated carbocycles. The molecule has 1 heterocycles. The van der Waals surface area contributed by atoms with Crippen LogP contribution >= 0.6 is 23.2 Å². The molecule has 0 spiro atoms. The summed E-state index contributed by atoms with van der Waals surface area (Å²) in [4.78, 5) is 37.4. The summed E-state index contributed by atoms with van der Waals surface area (Å²) in [7, 11) is 0. The van der Waals surface area contributed by atoms with Gasteiger partial charge in [-0.25, -0.2) is 0 Å². The van der Waals surface area contributed by atoms with Crippen molar-refractivity contribution >= 4 is 46.7 Å². The van der Waals surface area contributed by atoms with Crippen molar-refractivity contribution < 1.29 is 23.9 Å². The van der Waals surface area contributed by atoms with Crippen molar-refractivity contribution in [2.75, 3.05) is 18.1 Å². The molecule has 0 saturated heterocycles. The van der Waals surface area contributed by atoms with Gasteiger partial charge in [-0.1, -0.05) is 12.1 Å². The number of rotatable bonds is 4. The Morgan fingerprint density at radius 3 is 2.60 bits per heavy atom. The van der Waals surface area contributed by atoms with Gasteiger partial charge in [-0.05, 0) is 19.1 Å². The number of amides is 2. The Hall–Kier alpha value is -1.99. The van der Waals surface area contributed by atoms with Crippen LogP contribution in [0.25, 0.3) is 0 Å². The lowest BCUT2D eigenvalue weighted by atomic mass is 10.1. The third-order valence-electron chi connectivity index (χ3n) is 4.43. The Balaban J connectivity index is 1.71. The predicted molar refractivity (Wildman–Crippen MR) is 90.5 cm³/mol. The van der Waals surface area contributed by atoms with Gasteiger partial charge in [-0.3, -0.25) is 14.4 Å². The summed E-state index contributed by atoms with van der Waals surface area (Å²) in [6, 6.07) is 6.72. The topological polar surface area (TPSA) is 98.9 Å². The van der Waals surface area contributed by atoms with Crippen LogP contribution in [0.1, 0.15) is 13.3 Å². The highest BCUT2D eigenvalue weighted by atomic mass is 35.5. The Kier molecular flexibility index (Phi) is 4.33. The van der Waals surface area contributed by atoms with Crippen LogP contribution in [-0.2, 0) is 19.1 Å². The summed E-state index contributed by atoms with van der Waals surface area (Å²) in [5.41, 5.74) is 4.74. The maximum atomic E-state index is 12.5. The van der Waals surface area contributed by atoms with Gasteiger partial charge in [0.15, 0.2) is 12.7 Å². The number of anilines is 1. The minimum absolute atomic E-state index is 0.0606. The molecule has 0 bridgehead atoms. The van der Waals surface area contributed by atoms with Gasteiger partial charge >= 0.3 is 5.97 Å². The molecule has 9 heteroatoms. The first kappa shape index (κ1) is 17.8. The SMILES string of the molecule is C[C@]1(C(=O)OCC(=O)N2C[C@H](C(N)=O)Oc3ccccc32)CC1(Cl)Cl. The quantitative estimate of drug-likeness (QED) is 0.622. The number of esters is 1. The van der Waals surface area contributed by atoms with E-state index in [0.717, 1.165) is 0 Å². The van der Waals surface area contributed by atoms with Crippen molar-refractivity contribution in [3.63, 3.8) is 0 Å². The number of alkyl halides is 2. The van der Waals surface area contributed by atoms with Crippen molar-refractivity contribution in [1.82, 2.24) is 0 Å². The van der Waals surface area contributed by atoms with Crippen LogP contribution in [0.15, 0.2) is 24.3 Å². The maximum Gasteiger partial charge on any atom is 0.315 e. The van der Waals surface area contributed by atoms with Gasteiger partial charge in [-0.2, -0.15) is 0 Å². The minimum Gasteiger partial charge on any atom is -0.477 e. The lowest BCUT2D eigenvalue weighted by molar-refractivity contribution is -0.153. The zero-order valence-corrected chi connectivity index (χ0v) is 14.8. The van der Waals surface area contributed by atoms with Crippen LogP contribution in [-0.4, -0.2) is 41.4 Å². The normalized spacial score (nSPS) is 26.2. The molecule has 134 valence electrons. The van der Waals surface area contributed by atoms with E-state index in [1.807, 2.05) is 0 Å². The molecule has 25 heavy (non-hydrogen) atoms. The Labute approximate surface area is 153 Å². The van der Waals surface area contributed by atoms with E-state index in [4.69, 9.17) is 38.4 Å². The van der Waals surface area contributed by atoms with E-state index in [-0.39, 0.29) is 13.0 Å². The smallest absolute Gasteiger partial charge is 0.315 e. The number of nitrogens with two attached hydrogens (primary N) is 1. The van der Waals surface area contributed by atoms with Gasteiger partial charge in [0.2, 0.25) is 0 Å². The fourth-order valence-corrected chi connectivity index (χ4v) is 3.29. The van der Waals surface area contributed by atoms with E-state index in [0.29, 0.717) is 11.4 Å². The molecule has 0 unspecified atom stereocenters. The van der Waals surface area contributed by atoms with Crippen molar-refractivity contribution in [3.8, 4) is 5.75 Å². The van der Waals surface area contributed by atoms with Crippen molar-refractivity contribution in [2.24, 2.45) is 11.1 Å². The van der Waals surface area contributed by atoms with Crippen molar-refractivity contribution in [2.45, 2.75) is 23.8 Å². The molecule has 2 N–H and O–H groups in total. The predicted octanol–water partition coefficient (Wildman–Crippen LogP) is 1.39. The third kappa shape index (κ3) is 3.14. The fraction of sp³-hybridized carbons (Fsp3) is 0.438. The number of primary amides is 1. The van der Waals surface area contributed by atoms with Gasteiger partial charge in [0, 0.05) is 6.42 Å². The fourth-order valence-electron chi connectivity index (χ4n) is 2.60. The zero-order valence-electron chi connectivity index (χ0n) is 13.3. The monoisotopic (exact) mass is 386 g/mol. The van der Waals surface area contributed by atoms with Gasteiger partial charge in [0.1, 0.15) is 15.5 Å². The van der Waals surface area contributed by atoms with Gasteiger partial charge in [0.25, 0.3) is 11.8 Å². The first-order valence-corrected chi connectivity index (χ1v) is 8.32. The molecule has 2 atom stereocenters. The summed E-state index contributed by atoms with van der Waals surface area (Å²) in [5.74, 6) is -1.48. The lowest BCUT2D eigenvalue weighted by Crippen LogP contribution is -2.50. The van der Waals surface area contributed by atoms with Gasteiger partial charge in [0.05, 0.1) is 12.2 Å². The second-order valence-electron chi connectivity index (χ2n) is 6.27. The summed E-state index contributed by atoms with van der Waals surface area (Å²) in [5, 5.41) is 0. The van der Waals surface area contributed by atoms with E-state index in [2.05, 4.69) is 0 Å². The Morgan fingerprint density at radius 1 is 1.36 bits per heavy atom. The van der Waals surface area contributed by atoms with E-state index in [9.17, 15) is 14.4 Å². The molecule has 7 nitrogen and oxygen atoms in total. The van der Waals surface area contributed by atoms with Gasteiger partial charge < -0.3 is 20.1 Å². The van der Waals surface area contributed by atoms with Crippen LogP contribution in [0.4, 0.5) is 5.69 Å². The van der Waals surface area contributed by atoms with Crippen LogP contribution in [0.3, 0.4) is 0 Å². The second kappa shape index (κ2) is 6.07. The molecule has 2 amide bonds. The summed E-state index contributed by atoms with van der Waals surface area (Å²) >= 11 is 11.9. The van der Waals surface area contributed by atoms with Gasteiger partial charge in [-0.15, -0.1) is 23.2 Å². The molecule has 1 aromatic rings. The number of carbonyl (C=O) groups is 3. The van der Waals surface area contributed by atoms with Crippen molar-refractivity contribution in [1.29, 1.82) is 0 Å². The van der Waals surface area contributed by atoms with E-state index in [1.165, 1.54) is 4.90 Å². The largest absolute Gasteiger partial charge is 0.477 e. The van der Waals surface area contributed by atoms with Crippen molar-refractivity contribution in [3.05, 3.63) is 24.3 Å². The average Bonchev–Trinajstić information content (AvgIpc) is 3.10. The number of carbonyl (C=O) groups excluding carboxylic acids is 3. The Bertz CT molecular complexity index is 754. The number of nitrogens with zero attached hydrogens (tertiary/aromatic N) is 1. The number of hydrogen-bond acceptors (Lipinski definition) is 5. The third-order valence-corrected chi connectivity index (χ3v) is 5.53. The second-order valence-corrected chi connectivity index (χ2v) is 7.75. The van der Waals surface area contributed by atoms with Crippen LogP contribution in [0.2, 0.25) is 0 Å². The zero-order chi connectivity index (χ0) is 18.4. The first-order chi connectivity index (χ1) is 11.7. The number of para-hydroxylation sites is 2. The molecular formula is C16H16Cl2N2O5. The minimum atomic E-state index is -1.17. The van der Waals surface area contributed by atoms with Crippen LogP contribution < -0.4 is 15.4 Å². The molecule has 0 radical (unpaired) electrons. The molecule has 3 rings (SSSR count). The molecule has 1 fully saturated rings. The Morgan fingerprint density at radius 2 is 2.00 bits per heavy atom. The summed E-state index contributed by atoms with van der Waals surface area (Å²) in [6.45, 7) is 1.01. The molecule has 1 aromatic carbocycles. The van der Waals surface area contributed by atoms with Crippen LogP contribution in [0.5, 0.6) is 5.75 Å². The summed E-state index contributed by atoms with van der Waals surface area (Å²) in [6.07, 6.45) is -0.714. The molecular weight excluding hydrogens is 371 g/mol. The highest BCUT2D eigenvalue weighted by molar-refractivity contribution is 6.53. The average molecular weight is 387 g/mol. The molecule has 1 aliphatic carbocycles. The first-order valence-electron chi connectivity index (χ1n) is 7.56. The van der Waals surface area contributed by atoms with E-state index in [1.54, 1.807) is 31.2 Å². The molecule has 1 aliphatic heterocycles. The highest BCUT2D eigenvalue weighted by Crippen LogP contribution is 2.64. The lowest BCUT2D eigenvalue weighted by Gasteiger charge is -2.33. The summed E-state index contributed by atoms with van der Waals surface area (Å²) < 4.78 is 9.38. The standard InChI is InChI=1S/C16H16Cl2N2O5/c1-15(8-16(15,17)18)14(23)24-7-12(21)20-6-11(13(19)22)25-10-5-3-2-4-9(10)20/h2-5,11H,6-8H2,1H3,(H2,19,22)/t11-,15-/m1/s1. The number of ether oxygens (including phenoxy) is 2. The maximum absolute atomic E-state index is 12.5. The van der Waals surface area contributed by atoms with E-state index < -0.39 is 40.2 Å². The van der Waals surface area contributed by atoms with Crippen LogP contribution in [0, 0.1) is 5.41 Å². The number of benzene rings is 1. The number of halogens is 2. The molecule has 2 aliphatic rings. The number of hydrogen-bond donors (Lipinski definition) is 1. The van der Waals surface area contributed by atoms with E-state index >= 15 is 0 Å². The number of fused-ring (bicyclic) bond motifs is 1. The molecule has 0 aromatic heterocycles.